The Morgan fingerprint density at radius 2 is 1.48 bits per heavy atom. The molecule has 0 N–H and O–H groups in total. The van der Waals surface area contributed by atoms with Crippen LogP contribution in [-0.2, 0) is 4.79 Å². The first kappa shape index (κ1) is 18.5. The molecule has 6 nitrogen and oxygen atoms in total. The molecule has 0 aromatic rings. The normalized spacial score (nSPS) is 24.5. The zero-order chi connectivity index (χ0) is 18.2. The van der Waals surface area contributed by atoms with Gasteiger partial charge in [0.1, 0.15) is 0 Å². The van der Waals surface area contributed by atoms with E-state index >= 15 is 0 Å². The van der Waals surface area contributed by atoms with Gasteiger partial charge >= 0.3 is 6.03 Å². The topological polar surface area (TPSA) is 47.1 Å². The molecular weight excluding hydrogens is 316 g/mol. The Balaban J connectivity index is 1.44. The third-order valence-electron chi connectivity index (χ3n) is 6.54. The molecule has 25 heavy (non-hydrogen) atoms. The number of carbonyl (C=O) groups excluding carboxylic acids is 2. The molecule has 0 unspecified atom stereocenters. The van der Waals surface area contributed by atoms with Crippen LogP contribution in [0.25, 0.3) is 0 Å². The van der Waals surface area contributed by atoms with Gasteiger partial charge in [-0.1, -0.05) is 0 Å². The molecule has 3 aliphatic rings. The molecule has 0 aromatic carbocycles. The van der Waals surface area contributed by atoms with Crippen molar-refractivity contribution in [2.75, 3.05) is 53.4 Å². The van der Waals surface area contributed by atoms with Gasteiger partial charge in [-0.15, -0.1) is 0 Å². The van der Waals surface area contributed by atoms with Crippen molar-refractivity contribution in [1.82, 2.24) is 19.6 Å². The molecule has 1 aliphatic carbocycles. The van der Waals surface area contributed by atoms with Crippen LogP contribution in [0.15, 0.2) is 0 Å². The van der Waals surface area contributed by atoms with Crippen molar-refractivity contribution >= 4 is 11.9 Å². The lowest BCUT2D eigenvalue weighted by Crippen LogP contribution is -2.56. The van der Waals surface area contributed by atoms with Crippen LogP contribution in [0.1, 0.15) is 39.5 Å². The van der Waals surface area contributed by atoms with Crippen LogP contribution in [0.3, 0.4) is 0 Å². The summed E-state index contributed by atoms with van der Waals surface area (Å²) in [4.78, 5) is 33.0. The quantitative estimate of drug-likeness (QED) is 0.762. The Morgan fingerprint density at radius 1 is 0.920 bits per heavy atom. The third kappa shape index (κ3) is 3.78. The van der Waals surface area contributed by atoms with Gasteiger partial charge in [-0.2, -0.15) is 0 Å². The van der Waals surface area contributed by atoms with E-state index in [1.54, 1.807) is 4.90 Å². The van der Waals surface area contributed by atoms with Crippen molar-refractivity contribution in [3.8, 4) is 0 Å². The predicted molar refractivity (Wildman–Crippen MR) is 98.3 cm³/mol. The van der Waals surface area contributed by atoms with Gasteiger partial charge in [-0.25, -0.2) is 4.79 Å². The number of likely N-dealkylation sites (tertiary alicyclic amines) is 1. The van der Waals surface area contributed by atoms with E-state index in [4.69, 9.17) is 0 Å². The van der Waals surface area contributed by atoms with Crippen LogP contribution < -0.4 is 0 Å². The lowest BCUT2D eigenvalue weighted by molar-refractivity contribution is -0.147. The molecule has 0 bridgehead atoms. The Kier molecular flexibility index (Phi) is 5.28. The van der Waals surface area contributed by atoms with Crippen molar-refractivity contribution < 1.29 is 9.59 Å². The number of carbonyl (C=O) groups is 2. The highest BCUT2D eigenvalue weighted by atomic mass is 16.2. The van der Waals surface area contributed by atoms with Crippen LogP contribution in [-0.4, -0.2) is 90.9 Å². The molecule has 3 amide bonds. The van der Waals surface area contributed by atoms with Crippen molar-refractivity contribution in [3.05, 3.63) is 0 Å². The van der Waals surface area contributed by atoms with Gasteiger partial charge in [0.05, 0.1) is 0 Å². The molecule has 6 heteroatoms. The lowest BCUT2D eigenvalue weighted by Gasteiger charge is -2.53. The van der Waals surface area contributed by atoms with Crippen molar-refractivity contribution in [2.24, 2.45) is 11.3 Å². The van der Waals surface area contributed by atoms with Gasteiger partial charge in [-0.3, -0.25) is 9.69 Å². The second-order valence-electron chi connectivity index (χ2n) is 8.72. The van der Waals surface area contributed by atoms with Gasteiger partial charge in [0, 0.05) is 65.3 Å². The van der Waals surface area contributed by atoms with E-state index in [9.17, 15) is 9.59 Å². The average Bonchev–Trinajstić information content (AvgIpc) is 2.58. The fourth-order valence-electron chi connectivity index (χ4n) is 4.74. The van der Waals surface area contributed by atoms with Crippen molar-refractivity contribution in [1.29, 1.82) is 0 Å². The molecule has 2 heterocycles. The van der Waals surface area contributed by atoms with Crippen LogP contribution in [0.5, 0.6) is 0 Å². The molecule has 3 rings (SSSR count). The standard InChI is InChI=1S/C19H34N4O2/c1-15(2)21-9-11-22(12-10-21)17(24)16-13-19(14-16)5-7-23(8-6-19)18(25)20(3)4/h15-16H,5-14H2,1-4H3. The number of piperidine rings is 1. The summed E-state index contributed by atoms with van der Waals surface area (Å²) in [7, 11) is 3.62. The second-order valence-corrected chi connectivity index (χ2v) is 8.72. The maximum Gasteiger partial charge on any atom is 0.319 e. The summed E-state index contributed by atoms with van der Waals surface area (Å²) >= 11 is 0. The summed E-state index contributed by atoms with van der Waals surface area (Å²) in [6.45, 7) is 9.89. The summed E-state index contributed by atoms with van der Waals surface area (Å²) in [5, 5.41) is 0. The number of hydrogen-bond acceptors (Lipinski definition) is 3. The molecule has 1 saturated carbocycles. The minimum Gasteiger partial charge on any atom is -0.340 e. The second kappa shape index (κ2) is 7.14. The molecule has 1 spiro atoms. The Hall–Kier alpha value is -1.30. The molecule has 2 aliphatic heterocycles. The Bertz CT molecular complexity index is 496. The fraction of sp³-hybridized carbons (Fsp3) is 0.895. The van der Waals surface area contributed by atoms with Gasteiger partial charge in [-0.05, 0) is 44.9 Å². The molecule has 0 aromatic heterocycles. The number of nitrogens with zero attached hydrogens (tertiary/aromatic N) is 4. The highest BCUT2D eigenvalue weighted by Gasteiger charge is 2.50. The van der Waals surface area contributed by atoms with E-state index in [1.807, 2.05) is 19.0 Å². The zero-order valence-corrected chi connectivity index (χ0v) is 16.3. The van der Waals surface area contributed by atoms with Gasteiger partial charge < -0.3 is 14.7 Å². The highest BCUT2D eigenvalue weighted by Crippen LogP contribution is 2.53. The van der Waals surface area contributed by atoms with Crippen molar-refractivity contribution in [2.45, 2.75) is 45.6 Å². The first-order chi connectivity index (χ1) is 11.8. The monoisotopic (exact) mass is 350 g/mol. The predicted octanol–water partition coefficient (Wildman–Crippen LogP) is 1.71. The molecule has 2 saturated heterocycles. The van der Waals surface area contributed by atoms with E-state index in [0.29, 0.717) is 17.4 Å². The molecule has 0 atom stereocenters. The molecule has 0 radical (unpaired) electrons. The first-order valence-electron chi connectivity index (χ1n) is 9.80. The number of hydrogen-bond donors (Lipinski definition) is 0. The molecular formula is C19H34N4O2. The average molecular weight is 351 g/mol. The minimum absolute atomic E-state index is 0.116. The number of amides is 3. The van der Waals surface area contributed by atoms with Crippen LogP contribution in [0.4, 0.5) is 4.79 Å². The highest BCUT2D eigenvalue weighted by molar-refractivity contribution is 5.80. The third-order valence-corrected chi connectivity index (χ3v) is 6.54. The van der Waals surface area contributed by atoms with Gasteiger partial charge in [0.2, 0.25) is 5.91 Å². The summed E-state index contributed by atoms with van der Waals surface area (Å²) in [5.41, 5.74) is 0.323. The zero-order valence-electron chi connectivity index (χ0n) is 16.3. The molecule has 3 fully saturated rings. The van der Waals surface area contributed by atoms with E-state index in [2.05, 4.69) is 23.6 Å². The van der Waals surface area contributed by atoms with Crippen molar-refractivity contribution in [3.63, 3.8) is 0 Å². The van der Waals surface area contributed by atoms with Crippen LogP contribution in [0, 0.1) is 11.3 Å². The SMILES string of the molecule is CC(C)N1CCN(C(=O)C2CC3(CCN(C(=O)N(C)C)CC3)C2)CC1. The summed E-state index contributed by atoms with van der Waals surface area (Å²) in [6, 6.07) is 0.684. The van der Waals surface area contributed by atoms with E-state index < -0.39 is 0 Å². The lowest BCUT2D eigenvalue weighted by atomic mass is 9.57. The Labute approximate surface area is 152 Å². The summed E-state index contributed by atoms with van der Waals surface area (Å²) < 4.78 is 0. The number of urea groups is 1. The van der Waals surface area contributed by atoms with Crippen LogP contribution in [0.2, 0.25) is 0 Å². The fourth-order valence-corrected chi connectivity index (χ4v) is 4.74. The number of piperazine rings is 1. The largest absolute Gasteiger partial charge is 0.340 e. The molecule has 142 valence electrons. The van der Waals surface area contributed by atoms with Gasteiger partial charge in [0.15, 0.2) is 0 Å². The Morgan fingerprint density at radius 3 is 1.96 bits per heavy atom. The number of rotatable bonds is 2. The smallest absolute Gasteiger partial charge is 0.319 e. The maximum atomic E-state index is 12.8. The first-order valence-corrected chi connectivity index (χ1v) is 9.80. The van der Waals surface area contributed by atoms with Crippen LogP contribution >= 0.6 is 0 Å². The van der Waals surface area contributed by atoms with E-state index in [0.717, 1.165) is 65.0 Å². The van der Waals surface area contributed by atoms with E-state index in [-0.39, 0.29) is 11.9 Å². The minimum atomic E-state index is 0.116. The summed E-state index contributed by atoms with van der Waals surface area (Å²) in [6.07, 6.45) is 4.16. The van der Waals surface area contributed by atoms with E-state index in [1.165, 1.54) is 0 Å². The summed E-state index contributed by atoms with van der Waals surface area (Å²) in [5.74, 6) is 0.600. The maximum absolute atomic E-state index is 12.8. The van der Waals surface area contributed by atoms with Gasteiger partial charge in [0.25, 0.3) is 0 Å².